The number of halogens is 2. The monoisotopic (exact) mass is 265 g/mol. The molecule has 0 aromatic heterocycles. The largest absolute Gasteiger partial charge is 0.455 e. The van der Waals surface area contributed by atoms with Crippen molar-refractivity contribution in [2.24, 2.45) is 0 Å². The van der Waals surface area contributed by atoms with Crippen LogP contribution in [0.1, 0.15) is 12.5 Å². The molecular formula is C14H13ClFNO. The Bertz CT molecular complexity index is 554. The highest BCUT2D eigenvalue weighted by atomic mass is 35.5. The molecule has 2 rings (SSSR count). The van der Waals surface area contributed by atoms with Crippen molar-refractivity contribution in [3.63, 3.8) is 0 Å². The van der Waals surface area contributed by atoms with Crippen LogP contribution in [0.15, 0.2) is 36.4 Å². The van der Waals surface area contributed by atoms with Crippen LogP contribution in [0.5, 0.6) is 11.5 Å². The van der Waals surface area contributed by atoms with Crippen LogP contribution < -0.4 is 10.5 Å². The zero-order valence-corrected chi connectivity index (χ0v) is 10.7. The average Bonchev–Trinajstić information content (AvgIpc) is 2.37. The molecule has 2 aromatic carbocycles. The topological polar surface area (TPSA) is 35.2 Å². The first-order valence-corrected chi connectivity index (χ1v) is 5.99. The van der Waals surface area contributed by atoms with Crippen molar-refractivity contribution in [3.05, 3.63) is 52.8 Å². The molecular weight excluding hydrogens is 253 g/mol. The Kier molecular flexibility index (Phi) is 3.72. The highest BCUT2D eigenvalue weighted by molar-refractivity contribution is 6.31. The number of rotatable bonds is 3. The average molecular weight is 266 g/mol. The molecule has 0 unspecified atom stereocenters. The zero-order valence-electron chi connectivity index (χ0n) is 9.91. The molecule has 94 valence electrons. The van der Waals surface area contributed by atoms with E-state index in [-0.39, 0.29) is 10.7 Å². The Labute approximate surface area is 110 Å². The first-order chi connectivity index (χ1) is 8.60. The lowest BCUT2D eigenvalue weighted by atomic mass is 10.2. The van der Waals surface area contributed by atoms with E-state index in [1.54, 1.807) is 0 Å². The van der Waals surface area contributed by atoms with Crippen LogP contribution in [0, 0.1) is 5.82 Å². The predicted molar refractivity (Wildman–Crippen MR) is 71.7 cm³/mol. The van der Waals surface area contributed by atoms with Crippen LogP contribution >= 0.6 is 11.6 Å². The van der Waals surface area contributed by atoms with E-state index >= 15 is 0 Å². The first-order valence-electron chi connectivity index (χ1n) is 5.61. The molecule has 4 heteroatoms. The lowest BCUT2D eigenvalue weighted by Gasteiger charge is -2.09. The first kappa shape index (κ1) is 12.7. The number of nitrogens with two attached hydrogens (primary N) is 1. The fourth-order valence-electron chi connectivity index (χ4n) is 1.55. The summed E-state index contributed by atoms with van der Waals surface area (Å²) in [4.78, 5) is 0. The Hall–Kier alpha value is -1.74. The molecule has 2 nitrogen and oxygen atoms in total. The molecule has 0 aliphatic carbocycles. The van der Waals surface area contributed by atoms with E-state index in [0.29, 0.717) is 11.5 Å². The molecule has 0 fully saturated rings. The fourth-order valence-corrected chi connectivity index (χ4v) is 1.71. The summed E-state index contributed by atoms with van der Waals surface area (Å²) >= 11 is 5.69. The van der Waals surface area contributed by atoms with Crippen molar-refractivity contribution in [3.8, 4) is 11.5 Å². The van der Waals surface area contributed by atoms with Crippen LogP contribution in [-0.2, 0) is 6.42 Å². The Balaban J connectivity index is 2.25. The molecule has 0 aliphatic rings. The van der Waals surface area contributed by atoms with Gasteiger partial charge in [-0.05, 0) is 24.1 Å². The van der Waals surface area contributed by atoms with E-state index in [0.717, 1.165) is 12.5 Å². The second-order valence-corrected chi connectivity index (χ2v) is 4.31. The summed E-state index contributed by atoms with van der Waals surface area (Å²) in [7, 11) is 0. The summed E-state index contributed by atoms with van der Waals surface area (Å²) in [6.45, 7) is 2.08. The van der Waals surface area contributed by atoms with Crippen LogP contribution in [-0.4, -0.2) is 0 Å². The molecule has 2 N–H and O–H groups in total. The van der Waals surface area contributed by atoms with E-state index in [4.69, 9.17) is 22.1 Å². The number of hydrogen-bond donors (Lipinski definition) is 1. The van der Waals surface area contributed by atoms with Gasteiger partial charge in [0.2, 0.25) is 0 Å². The van der Waals surface area contributed by atoms with E-state index in [1.165, 1.54) is 11.6 Å². The Morgan fingerprint density at radius 2 is 1.89 bits per heavy atom. The highest BCUT2D eigenvalue weighted by Crippen LogP contribution is 2.32. The van der Waals surface area contributed by atoms with Crippen LogP contribution in [0.3, 0.4) is 0 Å². The van der Waals surface area contributed by atoms with Gasteiger partial charge in [-0.25, -0.2) is 4.39 Å². The van der Waals surface area contributed by atoms with Gasteiger partial charge in [0.05, 0.1) is 10.7 Å². The van der Waals surface area contributed by atoms with Crippen molar-refractivity contribution >= 4 is 17.3 Å². The van der Waals surface area contributed by atoms with Gasteiger partial charge in [0.25, 0.3) is 0 Å². The molecule has 18 heavy (non-hydrogen) atoms. The smallest absolute Gasteiger partial charge is 0.151 e. The minimum absolute atomic E-state index is 0.00983. The van der Waals surface area contributed by atoms with E-state index in [1.807, 2.05) is 24.3 Å². The molecule has 0 saturated carbocycles. The number of anilines is 1. The third-order valence-electron chi connectivity index (χ3n) is 2.61. The molecule has 0 radical (unpaired) electrons. The summed E-state index contributed by atoms with van der Waals surface area (Å²) in [6.07, 6.45) is 0.963. The maximum atomic E-state index is 13.1. The number of hydrogen-bond acceptors (Lipinski definition) is 2. The third kappa shape index (κ3) is 2.74. The van der Waals surface area contributed by atoms with Gasteiger partial charge in [-0.15, -0.1) is 0 Å². The van der Waals surface area contributed by atoms with Gasteiger partial charge in [0, 0.05) is 12.1 Å². The van der Waals surface area contributed by atoms with Crippen LogP contribution in [0.4, 0.5) is 10.1 Å². The van der Waals surface area contributed by atoms with Crippen molar-refractivity contribution < 1.29 is 9.13 Å². The van der Waals surface area contributed by atoms with Crippen LogP contribution in [0.25, 0.3) is 0 Å². The molecule has 0 saturated heterocycles. The molecule has 0 aliphatic heterocycles. The Morgan fingerprint density at radius 1 is 1.22 bits per heavy atom. The highest BCUT2D eigenvalue weighted by Gasteiger charge is 2.08. The van der Waals surface area contributed by atoms with Crippen molar-refractivity contribution in [1.29, 1.82) is 0 Å². The van der Waals surface area contributed by atoms with Gasteiger partial charge >= 0.3 is 0 Å². The van der Waals surface area contributed by atoms with Gasteiger partial charge in [-0.2, -0.15) is 0 Å². The van der Waals surface area contributed by atoms with Crippen LogP contribution in [0.2, 0.25) is 5.02 Å². The molecule has 0 amide bonds. The number of ether oxygens (including phenoxy) is 1. The van der Waals surface area contributed by atoms with Gasteiger partial charge in [0.1, 0.15) is 11.6 Å². The lowest BCUT2D eigenvalue weighted by Crippen LogP contribution is -1.94. The molecule has 0 heterocycles. The minimum atomic E-state index is -0.553. The number of benzene rings is 2. The quantitative estimate of drug-likeness (QED) is 0.834. The van der Waals surface area contributed by atoms with Crippen molar-refractivity contribution in [2.75, 3.05) is 5.73 Å². The van der Waals surface area contributed by atoms with E-state index in [2.05, 4.69) is 6.92 Å². The van der Waals surface area contributed by atoms with Crippen molar-refractivity contribution in [1.82, 2.24) is 0 Å². The maximum absolute atomic E-state index is 13.1. The second kappa shape index (κ2) is 5.27. The predicted octanol–water partition coefficient (Wildman–Crippen LogP) is 4.42. The van der Waals surface area contributed by atoms with Gasteiger partial charge in [-0.3, -0.25) is 0 Å². The van der Waals surface area contributed by atoms with E-state index < -0.39 is 5.82 Å². The molecule has 0 bridgehead atoms. The summed E-state index contributed by atoms with van der Waals surface area (Å²) in [6, 6.07) is 10.1. The van der Waals surface area contributed by atoms with Gasteiger partial charge in [0.15, 0.2) is 5.75 Å². The number of nitrogen functional groups attached to an aromatic ring is 1. The second-order valence-electron chi connectivity index (χ2n) is 3.90. The summed E-state index contributed by atoms with van der Waals surface area (Å²) < 4.78 is 18.7. The third-order valence-corrected chi connectivity index (χ3v) is 2.90. The SMILES string of the molecule is CCc1ccc(Oc2cc(Cl)c(F)cc2N)cc1. The zero-order chi connectivity index (χ0) is 13.1. The maximum Gasteiger partial charge on any atom is 0.151 e. The summed E-state index contributed by atoms with van der Waals surface area (Å²) in [5.41, 5.74) is 7.10. The molecule has 0 atom stereocenters. The Morgan fingerprint density at radius 3 is 2.50 bits per heavy atom. The normalized spacial score (nSPS) is 10.4. The standard InChI is InChI=1S/C14H13ClFNO/c1-2-9-3-5-10(6-4-9)18-14-7-11(15)12(16)8-13(14)17/h3-8H,2,17H2,1H3. The summed E-state index contributed by atoms with van der Waals surface area (Å²) in [5, 5.41) is -0.00983. The number of aryl methyl sites for hydroxylation is 1. The minimum Gasteiger partial charge on any atom is -0.455 e. The summed E-state index contributed by atoms with van der Waals surface area (Å²) in [5.74, 6) is 0.440. The molecule has 2 aromatic rings. The molecule has 0 spiro atoms. The van der Waals surface area contributed by atoms with Crippen molar-refractivity contribution in [2.45, 2.75) is 13.3 Å². The van der Waals surface area contributed by atoms with Gasteiger partial charge in [-0.1, -0.05) is 30.7 Å². The lowest BCUT2D eigenvalue weighted by molar-refractivity contribution is 0.483. The van der Waals surface area contributed by atoms with Gasteiger partial charge < -0.3 is 10.5 Å². The van der Waals surface area contributed by atoms with E-state index in [9.17, 15) is 4.39 Å². The fraction of sp³-hybridized carbons (Fsp3) is 0.143.